The summed E-state index contributed by atoms with van der Waals surface area (Å²) in [7, 11) is 0. The Kier molecular flexibility index (Phi) is 2.82. The zero-order valence-electron chi connectivity index (χ0n) is 8.94. The number of halogens is 3. The lowest BCUT2D eigenvalue weighted by Gasteiger charge is -2.10. The normalized spacial score (nSPS) is 11.5. The van der Waals surface area contributed by atoms with Gasteiger partial charge in [-0.2, -0.15) is 18.2 Å². The highest BCUT2D eigenvalue weighted by Gasteiger charge is 2.36. The fourth-order valence-corrected chi connectivity index (χ4v) is 1.47. The summed E-state index contributed by atoms with van der Waals surface area (Å²) in [5.41, 5.74) is 5.87. The quantitative estimate of drug-likeness (QED) is 0.821. The minimum Gasteiger partial charge on any atom is -0.493 e. The van der Waals surface area contributed by atoms with Gasteiger partial charge in [0.2, 0.25) is 11.7 Å². The largest absolute Gasteiger partial charge is 0.493 e. The molecule has 2 aromatic rings. The first-order chi connectivity index (χ1) is 8.39. The Hall–Kier alpha value is -2.31. The van der Waals surface area contributed by atoms with Crippen LogP contribution in [0.2, 0.25) is 0 Å². The number of nitrogens with two attached hydrogens (primary N) is 1. The Morgan fingerprint density at radius 3 is 2.17 bits per heavy atom. The van der Waals surface area contributed by atoms with Crippen molar-refractivity contribution in [3.63, 3.8) is 0 Å². The third kappa shape index (κ3) is 2.20. The van der Waals surface area contributed by atoms with E-state index in [0.29, 0.717) is 5.56 Å². The van der Waals surface area contributed by atoms with Crippen molar-refractivity contribution >= 4 is 5.82 Å². The molecule has 0 aliphatic heterocycles. The molecule has 0 atom stereocenters. The second-order valence-corrected chi connectivity index (χ2v) is 3.49. The Morgan fingerprint density at radius 1 is 1.06 bits per heavy atom. The SMILES string of the molecule is Nc1nc(C(F)(F)F)nc(O)c1-c1ccccc1. The zero-order valence-corrected chi connectivity index (χ0v) is 8.94. The van der Waals surface area contributed by atoms with Gasteiger partial charge in [0, 0.05) is 0 Å². The molecule has 0 aliphatic carbocycles. The molecular weight excluding hydrogens is 247 g/mol. The zero-order chi connectivity index (χ0) is 13.3. The molecule has 0 radical (unpaired) electrons. The monoisotopic (exact) mass is 255 g/mol. The number of aromatic hydroxyl groups is 1. The number of alkyl halides is 3. The molecule has 4 nitrogen and oxygen atoms in total. The summed E-state index contributed by atoms with van der Waals surface area (Å²) in [5, 5.41) is 9.56. The van der Waals surface area contributed by atoms with E-state index in [4.69, 9.17) is 5.73 Å². The Morgan fingerprint density at radius 2 is 1.67 bits per heavy atom. The van der Waals surface area contributed by atoms with Gasteiger partial charge in [0.05, 0.1) is 5.56 Å². The van der Waals surface area contributed by atoms with E-state index in [-0.39, 0.29) is 5.56 Å². The van der Waals surface area contributed by atoms with Crippen molar-refractivity contribution in [3.8, 4) is 17.0 Å². The summed E-state index contributed by atoms with van der Waals surface area (Å²) in [6.07, 6.45) is -4.75. The summed E-state index contributed by atoms with van der Waals surface area (Å²) >= 11 is 0. The van der Waals surface area contributed by atoms with Crippen LogP contribution in [0.4, 0.5) is 19.0 Å². The molecule has 2 rings (SSSR count). The van der Waals surface area contributed by atoms with Crippen LogP contribution in [-0.4, -0.2) is 15.1 Å². The highest BCUT2D eigenvalue weighted by atomic mass is 19.4. The van der Waals surface area contributed by atoms with Crippen molar-refractivity contribution < 1.29 is 18.3 Å². The summed E-state index contributed by atoms with van der Waals surface area (Å²) in [6, 6.07) is 8.21. The van der Waals surface area contributed by atoms with E-state index in [9.17, 15) is 18.3 Å². The summed E-state index contributed by atoms with van der Waals surface area (Å²) in [6.45, 7) is 0. The molecular formula is C11H8F3N3O. The van der Waals surface area contributed by atoms with E-state index in [1.54, 1.807) is 30.3 Å². The summed E-state index contributed by atoms with van der Waals surface area (Å²) in [5.74, 6) is -2.67. The Balaban J connectivity index is 2.59. The van der Waals surface area contributed by atoms with Crippen LogP contribution in [0.1, 0.15) is 5.82 Å². The van der Waals surface area contributed by atoms with E-state index < -0.39 is 23.7 Å². The highest BCUT2D eigenvalue weighted by Crippen LogP contribution is 2.35. The first-order valence-electron chi connectivity index (χ1n) is 4.88. The van der Waals surface area contributed by atoms with Crippen LogP contribution in [0.3, 0.4) is 0 Å². The van der Waals surface area contributed by atoms with Crippen LogP contribution >= 0.6 is 0 Å². The predicted octanol–water partition coefficient (Wildman–Crippen LogP) is 2.45. The molecule has 0 saturated heterocycles. The van der Waals surface area contributed by atoms with Crippen LogP contribution in [-0.2, 0) is 6.18 Å². The molecule has 0 fully saturated rings. The van der Waals surface area contributed by atoms with Crippen molar-refractivity contribution in [2.75, 3.05) is 5.73 Å². The minimum atomic E-state index is -4.75. The van der Waals surface area contributed by atoms with E-state index in [1.165, 1.54) is 0 Å². The molecule has 1 aromatic heterocycles. The van der Waals surface area contributed by atoms with Gasteiger partial charge in [-0.25, -0.2) is 4.98 Å². The molecule has 3 N–H and O–H groups in total. The lowest BCUT2D eigenvalue weighted by Crippen LogP contribution is -2.13. The van der Waals surface area contributed by atoms with Gasteiger partial charge in [0.15, 0.2) is 0 Å². The summed E-state index contributed by atoms with van der Waals surface area (Å²) < 4.78 is 37.2. The number of hydrogen-bond donors (Lipinski definition) is 2. The molecule has 0 spiro atoms. The summed E-state index contributed by atoms with van der Waals surface area (Å²) in [4.78, 5) is 6.18. The Labute approximate surface area is 99.9 Å². The van der Waals surface area contributed by atoms with E-state index >= 15 is 0 Å². The molecule has 0 amide bonds. The van der Waals surface area contributed by atoms with Crippen LogP contribution < -0.4 is 5.73 Å². The van der Waals surface area contributed by atoms with Crippen molar-refractivity contribution in [2.24, 2.45) is 0 Å². The number of hydrogen-bond acceptors (Lipinski definition) is 4. The van der Waals surface area contributed by atoms with Gasteiger partial charge in [-0.3, -0.25) is 0 Å². The number of rotatable bonds is 1. The van der Waals surface area contributed by atoms with E-state index in [2.05, 4.69) is 9.97 Å². The maximum Gasteiger partial charge on any atom is 0.451 e. The number of nitrogen functional groups attached to an aromatic ring is 1. The second kappa shape index (κ2) is 4.17. The van der Waals surface area contributed by atoms with Crippen LogP contribution in [0.15, 0.2) is 30.3 Å². The molecule has 0 unspecified atom stereocenters. The topological polar surface area (TPSA) is 72.0 Å². The van der Waals surface area contributed by atoms with Crippen molar-refractivity contribution in [3.05, 3.63) is 36.2 Å². The second-order valence-electron chi connectivity index (χ2n) is 3.49. The first-order valence-corrected chi connectivity index (χ1v) is 4.88. The standard InChI is InChI=1S/C11H8F3N3O/c12-11(13,14)10-16-8(15)7(9(18)17-10)6-4-2-1-3-5-6/h1-5H,(H3,15,16,17,18). The third-order valence-electron chi connectivity index (χ3n) is 2.23. The molecule has 1 heterocycles. The van der Waals surface area contributed by atoms with E-state index in [0.717, 1.165) is 0 Å². The molecule has 94 valence electrons. The van der Waals surface area contributed by atoms with Gasteiger partial charge in [-0.15, -0.1) is 0 Å². The van der Waals surface area contributed by atoms with Gasteiger partial charge in [0.1, 0.15) is 5.82 Å². The smallest absolute Gasteiger partial charge is 0.451 e. The van der Waals surface area contributed by atoms with Gasteiger partial charge in [0.25, 0.3) is 0 Å². The average Bonchev–Trinajstić information content (AvgIpc) is 2.28. The average molecular weight is 255 g/mol. The predicted molar refractivity (Wildman–Crippen MR) is 58.5 cm³/mol. The molecule has 0 aliphatic rings. The van der Waals surface area contributed by atoms with Crippen LogP contribution in [0.25, 0.3) is 11.1 Å². The fraction of sp³-hybridized carbons (Fsp3) is 0.0909. The van der Waals surface area contributed by atoms with Gasteiger partial charge in [-0.05, 0) is 5.56 Å². The molecule has 0 saturated carbocycles. The van der Waals surface area contributed by atoms with Crippen LogP contribution in [0.5, 0.6) is 5.88 Å². The number of nitrogens with zero attached hydrogens (tertiary/aromatic N) is 2. The Bertz CT molecular complexity index is 546. The molecule has 7 heteroatoms. The van der Waals surface area contributed by atoms with Gasteiger partial charge < -0.3 is 10.8 Å². The van der Waals surface area contributed by atoms with Crippen molar-refractivity contribution in [2.45, 2.75) is 6.18 Å². The van der Waals surface area contributed by atoms with Gasteiger partial charge in [-0.1, -0.05) is 30.3 Å². The van der Waals surface area contributed by atoms with Gasteiger partial charge >= 0.3 is 6.18 Å². The molecule has 1 aromatic carbocycles. The number of aromatic nitrogens is 2. The minimum absolute atomic E-state index is 0.0106. The maximum absolute atomic E-state index is 12.4. The molecule has 0 bridgehead atoms. The first kappa shape index (κ1) is 12.2. The van der Waals surface area contributed by atoms with Crippen molar-refractivity contribution in [1.29, 1.82) is 0 Å². The lowest BCUT2D eigenvalue weighted by molar-refractivity contribution is -0.145. The highest BCUT2D eigenvalue weighted by molar-refractivity contribution is 5.77. The fourth-order valence-electron chi connectivity index (χ4n) is 1.47. The lowest BCUT2D eigenvalue weighted by atomic mass is 10.1. The number of anilines is 1. The maximum atomic E-state index is 12.4. The van der Waals surface area contributed by atoms with Crippen molar-refractivity contribution in [1.82, 2.24) is 9.97 Å². The third-order valence-corrected chi connectivity index (χ3v) is 2.23. The number of benzene rings is 1. The van der Waals surface area contributed by atoms with E-state index in [1.807, 2.05) is 0 Å². The van der Waals surface area contributed by atoms with Crippen LogP contribution in [0, 0.1) is 0 Å². The molecule has 18 heavy (non-hydrogen) atoms.